The van der Waals surface area contributed by atoms with Gasteiger partial charge in [0.25, 0.3) is 0 Å². The molecule has 2 heteroatoms. The molecule has 2 aliphatic rings. The van der Waals surface area contributed by atoms with Gasteiger partial charge in [-0.2, -0.15) is 0 Å². The summed E-state index contributed by atoms with van der Waals surface area (Å²) in [6.07, 6.45) is 0. The number of rotatable bonds is 4. The molecule has 9 aromatic carbocycles. The molecule has 0 saturated heterocycles. The standard InChI is InChI=1S/C56H41NO/c1-55(2)48-33-47-43-29-26-36-31-38(27-30-40(36)52(43)56(3,4)49(47)32-46(48)42-28-25-35-17-11-12-20-39(35)51(42)55)57(37-18-9-6-10-19-37)50-24-14-23-45-44-22-13-21-41(53(44)58-54(45)50)34-15-7-5-8-16-34/h5-33H,1-4H3. The van der Waals surface area contributed by atoms with Gasteiger partial charge in [0.05, 0.1) is 5.69 Å². The number of hydrogen-bond acceptors (Lipinski definition) is 2. The van der Waals surface area contributed by atoms with Crippen molar-refractivity contribution in [3.05, 3.63) is 198 Å². The zero-order valence-electron chi connectivity index (χ0n) is 33.1. The summed E-state index contributed by atoms with van der Waals surface area (Å²) in [4.78, 5) is 2.35. The molecule has 10 aromatic rings. The van der Waals surface area contributed by atoms with Gasteiger partial charge in [0.2, 0.25) is 0 Å². The number of para-hydroxylation sites is 3. The van der Waals surface area contributed by atoms with Gasteiger partial charge in [-0.3, -0.25) is 0 Å². The van der Waals surface area contributed by atoms with Gasteiger partial charge in [0, 0.05) is 38.5 Å². The first kappa shape index (κ1) is 33.3. The van der Waals surface area contributed by atoms with Gasteiger partial charge in [-0.25, -0.2) is 0 Å². The van der Waals surface area contributed by atoms with Crippen molar-refractivity contribution in [3.8, 4) is 33.4 Å². The Morgan fingerprint density at radius 3 is 1.66 bits per heavy atom. The van der Waals surface area contributed by atoms with Crippen molar-refractivity contribution in [1.82, 2.24) is 0 Å². The fourth-order valence-electron chi connectivity index (χ4n) is 10.7. The number of nitrogens with zero attached hydrogens (tertiary/aromatic N) is 1. The molecule has 0 aliphatic heterocycles. The van der Waals surface area contributed by atoms with Crippen LogP contribution in [0.3, 0.4) is 0 Å². The lowest BCUT2D eigenvalue weighted by molar-refractivity contribution is 0.657. The number of benzene rings is 9. The lowest BCUT2D eigenvalue weighted by Crippen LogP contribution is -2.17. The van der Waals surface area contributed by atoms with Crippen LogP contribution in [0.5, 0.6) is 0 Å². The maximum absolute atomic E-state index is 6.95. The Bertz CT molecular complexity index is 3330. The predicted molar refractivity (Wildman–Crippen MR) is 244 cm³/mol. The van der Waals surface area contributed by atoms with Crippen LogP contribution in [-0.4, -0.2) is 0 Å². The van der Waals surface area contributed by atoms with Crippen LogP contribution in [0, 0.1) is 0 Å². The third kappa shape index (κ3) is 4.49. The Hall–Kier alpha value is -6.90. The highest BCUT2D eigenvalue weighted by atomic mass is 16.3. The highest BCUT2D eigenvalue weighted by molar-refractivity contribution is 6.14. The highest BCUT2D eigenvalue weighted by Gasteiger charge is 2.43. The van der Waals surface area contributed by atoms with E-state index in [0.29, 0.717) is 0 Å². The SMILES string of the molecule is CC1(C)c2cc3c(cc2-c2ccc4ccccc4c21)C(C)(C)c1c-3ccc2cc(N(c3ccccc3)c3cccc4c3oc3c(-c5ccccc5)cccc34)ccc12. The van der Waals surface area contributed by atoms with Gasteiger partial charge in [0.1, 0.15) is 5.58 Å². The fourth-order valence-corrected chi connectivity index (χ4v) is 10.7. The number of fused-ring (bicyclic) bond motifs is 13. The van der Waals surface area contributed by atoms with Crippen LogP contribution < -0.4 is 4.90 Å². The molecule has 0 fully saturated rings. The first-order valence-corrected chi connectivity index (χ1v) is 20.4. The second kappa shape index (κ2) is 11.8. The Morgan fingerprint density at radius 1 is 0.379 bits per heavy atom. The van der Waals surface area contributed by atoms with E-state index in [1.54, 1.807) is 0 Å². The molecular weight excluding hydrogens is 703 g/mol. The molecule has 0 N–H and O–H groups in total. The largest absolute Gasteiger partial charge is 0.453 e. The van der Waals surface area contributed by atoms with E-state index in [2.05, 4.69) is 209 Å². The van der Waals surface area contributed by atoms with E-state index in [9.17, 15) is 0 Å². The molecule has 0 spiro atoms. The average Bonchev–Trinajstić information content (AvgIpc) is 3.84. The third-order valence-corrected chi connectivity index (χ3v) is 13.4. The molecule has 0 atom stereocenters. The molecular formula is C56H41NO. The molecule has 0 saturated carbocycles. The average molecular weight is 744 g/mol. The summed E-state index contributed by atoms with van der Waals surface area (Å²) in [6, 6.07) is 64.5. The number of furan rings is 1. The fraction of sp³-hybridized carbons (Fsp3) is 0.107. The van der Waals surface area contributed by atoms with Gasteiger partial charge < -0.3 is 9.32 Å². The summed E-state index contributed by atoms with van der Waals surface area (Å²) >= 11 is 0. The van der Waals surface area contributed by atoms with Gasteiger partial charge in [-0.05, 0) is 114 Å². The van der Waals surface area contributed by atoms with Crippen LogP contribution in [0.4, 0.5) is 17.1 Å². The lowest BCUT2D eigenvalue weighted by Gasteiger charge is -2.27. The van der Waals surface area contributed by atoms with Crippen LogP contribution in [0.25, 0.3) is 76.9 Å². The molecule has 1 heterocycles. The minimum absolute atomic E-state index is 0.105. The molecule has 0 bridgehead atoms. The van der Waals surface area contributed by atoms with Gasteiger partial charge in [0.15, 0.2) is 5.58 Å². The molecule has 12 rings (SSSR count). The van der Waals surface area contributed by atoms with Crippen LogP contribution in [0.2, 0.25) is 0 Å². The molecule has 0 amide bonds. The van der Waals surface area contributed by atoms with Crippen molar-refractivity contribution in [2.75, 3.05) is 4.90 Å². The smallest absolute Gasteiger partial charge is 0.159 e. The van der Waals surface area contributed by atoms with E-state index >= 15 is 0 Å². The summed E-state index contributed by atoms with van der Waals surface area (Å²) in [7, 11) is 0. The molecule has 2 aliphatic carbocycles. The zero-order chi connectivity index (χ0) is 38.9. The molecule has 1 aromatic heterocycles. The van der Waals surface area contributed by atoms with Crippen molar-refractivity contribution < 1.29 is 4.42 Å². The molecule has 58 heavy (non-hydrogen) atoms. The summed E-state index contributed by atoms with van der Waals surface area (Å²) in [5.74, 6) is 0. The number of anilines is 3. The quantitative estimate of drug-likeness (QED) is 0.178. The molecule has 276 valence electrons. The van der Waals surface area contributed by atoms with Crippen LogP contribution in [-0.2, 0) is 10.8 Å². The van der Waals surface area contributed by atoms with Crippen molar-refractivity contribution in [2.45, 2.75) is 38.5 Å². The normalized spacial score (nSPS) is 14.5. The van der Waals surface area contributed by atoms with Crippen LogP contribution >= 0.6 is 0 Å². The predicted octanol–water partition coefficient (Wildman–Crippen LogP) is 15.6. The minimum Gasteiger partial charge on any atom is -0.453 e. The topological polar surface area (TPSA) is 16.4 Å². The van der Waals surface area contributed by atoms with E-state index in [4.69, 9.17) is 4.42 Å². The van der Waals surface area contributed by atoms with E-state index in [1.165, 1.54) is 66.1 Å². The molecule has 2 nitrogen and oxygen atoms in total. The van der Waals surface area contributed by atoms with Crippen molar-refractivity contribution in [2.24, 2.45) is 0 Å². The molecule has 0 unspecified atom stereocenters. The summed E-state index contributed by atoms with van der Waals surface area (Å²) in [5, 5.41) is 7.43. The van der Waals surface area contributed by atoms with E-state index in [-0.39, 0.29) is 10.8 Å². The lowest BCUT2D eigenvalue weighted by atomic mass is 9.78. The van der Waals surface area contributed by atoms with Crippen molar-refractivity contribution in [1.29, 1.82) is 0 Å². The van der Waals surface area contributed by atoms with Gasteiger partial charge in [-0.15, -0.1) is 0 Å². The second-order valence-electron chi connectivity index (χ2n) is 17.3. The van der Waals surface area contributed by atoms with E-state index < -0.39 is 0 Å². The number of hydrogen-bond donors (Lipinski definition) is 0. The maximum atomic E-state index is 6.95. The first-order valence-electron chi connectivity index (χ1n) is 20.4. The van der Waals surface area contributed by atoms with E-state index in [1.807, 2.05) is 0 Å². The summed E-state index contributed by atoms with van der Waals surface area (Å²) < 4.78 is 6.95. The highest BCUT2D eigenvalue weighted by Crippen LogP contribution is 2.58. The second-order valence-corrected chi connectivity index (χ2v) is 17.3. The van der Waals surface area contributed by atoms with Gasteiger partial charge in [-0.1, -0.05) is 161 Å². The summed E-state index contributed by atoms with van der Waals surface area (Å²) in [6.45, 7) is 9.65. The van der Waals surface area contributed by atoms with Crippen molar-refractivity contribution >= 4 is 60.5 Å². The monoisotopic (exact) mass is 743 g/mol. The Kier molecular flexibility index (Phi) is 6.78. The first-order chi connectivity index (χ1) is 28.3. The van der Waals surface area contributed by atoms with E-state index in [0.717, 1.165) is 50.1 Å². The Labute approximate surface area is 338 Å². The Balaban J connectivity index is 1.02. The Morgan fingerprint density at radius 2 is 0.948 bits per heavy atom. The third-order valence-electron chi connectivity index (χ3n) is 13.4. The molecule has 0 radical (unpaired) electrons. The van der Waals surface area contributed by atoms with Crippen LogP contribution in [0.15, 0.2) is 180 Å². The summed E-state index contributed by atoms with van der Waals surface area (Å²) in [5.41, 5.74) is 18.1. The van der Waals surface area contributed by atoms with Crippen molar-refractivity contribution in [3.63, 3.8) is 0 Å². The zero-order valence-corrected chi connectivity index (χ0v) is 33.1. The maximum Gasteiger partial charge on any atom is 0.159 e. The van der Waals surface area contributed by atoms with Gasteiger partial charge >= 0.3 is 0 Å². The minimum atomic E-state index is -0.181. The van der Waals surface area contributed by atoms with Crippen LogP contribution in [0.1, 0.15) is 49.9 Å².